The number of hydrogen-bond acceptors (Lipinski definition) is 5. The number of piperidine rings is 1. The number of hydrogen-bond donors (Lipinski definition) is 1. The second-order valence-corrected chi connectivity index (χ2v) is 7.49. The van der Waals surface area contributed by atoms with Crippen LogP contribution in [-0.4, -0.2) is 53.5 Å². The molecule has 0 bridgehead atoms. The maximum absolute atomic E-state index is 12.2. The molecule has 1 N–H and O–H groups in total. The van der Waals surface area contributed by atoms with E-state index in [0.717, 1.165) is 44.1 Å². The van der Waals surface area contributed by atoms with Gasteiger partial charge < -0.3 is 15.1 Å². The average Bonchev–Trinajstić information content (AvgIpc) is 3.44. The lowest BCUT2D eigenvalue weighted by Crippen LogP contribution is -2.36. The van der Waals surface area contributed by atoms with Gasteiger partial charge in [0.25, 0.3) is 0 Å². The molecule has 1 saturated heterocycles. The molecule has 1 atom stereocenters. The molecule has 1 saturated carbocycles. The highest BCUT2D eigenvalue weighted by molar-refractivity contribution is 5.75. The van der Waals surface area contributed by atoms with Crippen LogP contribution in [-0.2, 0) is 4.79 Å². The molecule has 2 aliphatic rings. The van der Waals surface area contributed by atoms with Crippen LogP contribution in [0.15, 0.2) is 12.4 Å². The summed E-state index contributed by atoms with van der Waals surface area (Å²) < 4.78 is 0. The van der Waals surface area contributed by atoms with Crippen molar-refractivity contribution in [1.29, 1.82) is 0 Å². The van der Waals surface area contributed by atoms with E-state index < -0.39 is 0 Å². The molecule has 1 aliphatic heterocycles. The van der Waals surface area contributed by atoms with E-state index in [9.17, 15) is 4.79 Å². The third-order valence-corrected chi connectivity index (χ3v) is 5.18. The molecule has 6 nitrogen and oxygen atoms in total. The van der Waals surface area contributed by atoms with Gasteiger partial charge in [-0.2, -0.15) is 0 Å². The number of rotatable bonds is 8. The molecule has 3 rings (SSSR count). The lowest BCUT2D eigenvalue weighted by Gasteiger charge is -2.33. The van der Waals surface area contributed by atoms with Crippen LogP contribution in [0.5, 0.6) is 0 Å². The Morgan fingerprint density at radius 2 is 2.20 bits per heavy atom. The van der Waals surface area contributed by atoms with Crippen molar-refractivity contribution in [2.45, 2.75) is 57.9 Å². The van der Waals surface area contributed by atoms with E-state index in [-0.39, 0.29) is 5.91 Å². The highest BCUT2D eigenvalue weighted by atomic mass is 16.2. The molecule has 2 fully saturated rings. The molecule has 0 aromatic carbocycles. The zero-order valence-electron chi connectivity index (χ0n) is 15.6. The number of carbonyl (C=O) groups is 1. The fourth-order valence-corrected chi connectivity index (χ4v) is 3.52. The second-order valence-electron chi connectivity index (χ2n) is 7.49. The van der Waals surface area contributed by atoms with Crippen LogP contribution in [0.2, 0.25) is 0 Å². The summed E-state index contributed by atoms with van der Waals surface area (Å²) in [5.41, 5.74) is 0. The third kappa shape index (κ3) is 5.31. The first kappa shape index (κ1) is 18.0. The van der Waals surface area contributed by atoms with Gasteiger partial charge in [0, 0.05) is 45.2 Å². The Kier molecular flexibility index (Phi) is 6.10. The normalized spacial score (nSPS) is 20.4. The first-order valence-electron chi connectivity index (χ1n) is 9.73. The van der Waals surface area contributed by atoms with Crippen LogP contribution in [0.1, 0.15) is 51.9 Å². The Morgan fingerprint density at radius 3 is 2.96 bits per heavy atom. The lowest BCUT2D eigenvalue weighted by atomic mass is 9.93. The fourth-order valence-electron chi connectivity index (χ4n) is 3.52. The Morgan fingerprint density at radius 1 is 1.36 bits per heavy atom. The summed E-state index contributed by atoms with van der Waals surface area (Å²) in [6.07, 6.45) is 9.17. The predicted octanol–water partition coefficient (Wildman–Crippen LogP) is 2.92. The number of nitrogens with zero attached hydrogens (tertiary/aromatic N) is 4. The molecule has 2 heterocycles. The van der Waals surface area contributed by atoms with E-state index in [1.165, 1.54) is 25.7 Å². The predicted molar refractivity (Wildman–Crippen MR) is 101 cm³/mol. The minimum atomic E-state index is 0.275. The molecule has 1 unspecified atom stereocenters. The number of aromatic nitrogens is 2. The molecule has 25 heavy (non-hydrogen) atoms. The largest absolute Gasteiger partial charge is 0.367 e. The highest BCUT2D eigenvalue weighted by Crippen LogP contribution is 2.28. The number of amides is 1. The van der Waals surface area contributed by atoms with Gasteiger partial charge in [0.2, 0.25) is 5.91 Å². The van der Waals surface area contributed by atoms with Gasteiger partial charge in [-0.1, -0.05) is 6.92 Å². The molecule has 138 valence electrons. The number of carbonyl (C=O) groups excluding carboxylic acids is 1. The topological polar surface area (TPSA) is 61.4 Å². The van der Waals surface area contributed by atoms with E-state index in [4.69, 9.17) is 0 Å². The lowest BCUT2D eigenvalue weighted by molar-refractivity contribution is -0.130. The zero-order chi connectivity index (χ0) is 17.6. The molecule has 6 heteroatoms. The van der Waals surface area contributed by atoms with Crippen molar-refractivity contribution in [3.8, 4) is 0 Å². The molecular weight excluding hydrogens is 314 g/mol. The van der Waals surface area contributed by atoms with E-state index >= 15 is 0 Å². The quantitative estimate of drug-likeness (QED) is 0.785. The minimum Gasteiger partial charge on any atom is -0.367 e. The van der Waals surface area contributed by atoms with Gasteiger partial charge in [-0.3, -0.25) is 4.79 Å². The van der Waals surface area contributed by atoms with E-state index in [1.807, 2.05) is 11.9 Å². The van der Waals surface area contributed by atoms with Crippen molar-refractivity contribution in [1.82, 2.24) is 14.9 Å². The van der Waals surface area contributed by atoms with Crippen LogP contribution < -0.4 is 10.2 Å². The maximum Gasteiger partial charge on any atom is 0.222 e. The SMILES string of the molecule is CCCN(C)C(=O)CCC1CCCN(c2cc(NC3CC3)ncn2)C1. The van der Waals surface area contributed by atoms with Crippen molar-refractivity contribution >= 4 is 17.5 Å². The third-order valence-electron chi connectivity index (χ3n) is 5.18. The second kappa shape index (κ2) is 8.50. The van der Waals surface area contributed by atoms with Crippen molar-refractivity contribution in [3.63, 3.8) is 0 Å². The minimum absolute atomic E-state index is 0.275. The van der Waals surface area contributed by atoms with Gasteiger partial charge in [-0.15, -0.1) is 0 Å². The van der Waals surface area contributed by atoms with Crippen molar-refractivity contribution in [3.05, 3.63) is 12.4 Å². The van der Waals surface area contributed by atoms with E-state index in [2.05, 4.69) is 33.2 Å². The standard InChI is InChI=1S/C19H31N5O/c1-3-10-23(2)19(25)9-6-15-5-4-11-24(13-15)18-12-17(20-14-21-18)22-16-7-8-16/h12,14-16H,3-11,13H2,1-2H3,(H,20,21,22). The van der Waals surface area contributed by atoms with Crippen molar-refractivity contribution in [2.75, 3.05) is 36.9 Å². The summed E-state index contributed by atoms with van der Waals surface area (Å²) in [5.74, 6) is 2.79. The summed E-state index contributed by atoms with van der Waals surface area (Å²) in [7, 11) is 1.91. The summed E-state index contributed by atoms with van der Waals surface area (Å²) in [6, 6.07) is 2.67. The first-order chi connectivity index (χ1) is 12.2. The molecule has 1 aromatic heterocycles. The first-order valence-corrected chi connectivity index (χ1v) is 9.73. The monoisotopic (exact) mass is 345 g/mol. The van der Waals surface area contributed by atoms with Gasteiger partial charge in [0.15, 0.2) is 0 Å². The smallest absolute Gasteiger partial charge is 0.222 e. The van der Waals surface area contributed by atoms with Crippen LogP contribution >= 0.6 is 0 Å². The van der Waals surface area contributed by atoms with Gasteiger partial charge in [-0.05, 0) is 44.4 Å². The summed E-state index contributed by atoms with van der Waals surface area (Å²) in [4.78, 5) is 25.2. The average molecular weight is 345 g/mol. The maximum atomic E-state index is 12.2. The Labute approximate surface area is 151 Å². The van der Waals surface area contributed by atoms with Crippen molar-refractivity contribution in [2.24, 2.45) is 5.92 Å². The van der Waals surface area contributed by atoms with Gasteiger partial charge >= 0.3 is 0 Å². The zero-order valence-corrected chi connectivity index (χ0v) is 15.6. The number of anilines is 2. The Balaban J connectivity index is 1.51. The van der Waals surface area contributed by atoms with Crippen LogP contribution in [0, 0.1) is 5.92 Å². The molecular formula is C19H31N5O. The van der Waals surface area contributed by atoms with Crippen LogP contribution in [0.25, 0.3) is 0 Å². The molecule has 1 aliphatic carbocycles. The molecule has 0 spiro atoms. The number of nitrogens with one attached hydrogen (secondary N) is 1. The highest BCUT2D eigenvalue weighted by Gasteiger charge is 2.24. The Bertz CT molecular complexity index is 575. The van der Waals surface area contributed by atoms with E-state index in [1.54, 1.807) is 6.33 Å². The molecule has 0 radical (unpaired) electrons. The van der Waals surface area contributed by atoms with Crippen LogP contribution in [0.4, 0.5) is 11.6 Å². The van der Waals surface area contributed by atoms with Gasteiger partial charge in [0.1, 0.15) is 18.0 Å². The molecule has 1 aromatic rings. The fraction of sp³-hybridized carbons (Fsp3) is 0.737. The molecule has 1 amide bonds. The Hall–Kier alpha value is -1.85. The van der Waals surface area contributed by atoms with Crippen molar-refractivity contribution < 1.29 is 4.79 Å². The summed E-state index contributed by atoms with van der Waals surface area (Å²) in [5, 5.41) is 3.44. The van der Waals surface area contributed by atoms with Crippen LogP contribution in [0.3, 0.4) is 0 Å². The van der Waals surface area contributed by atoms with Gasteiger partial charge in [-0.25, -0.2) is 9.97 Å². The summed E-state index contributed by atoms with van der Waals surface area (Å²) >= 11 is 0. The van der Waals surface area contributed by atoms with Gasteiger partial charge in [0.05, 0.1) is 0 Å². The van der Waals surface area contributed by atoms with E-state index in [0.29, 0.717) is 18.4 Å². The summed E-state index contributed by atoms with van der Waals surface area (Å²) in [6.45, 7) is 4.99.